The van der Waals surface area contributed by atoms with Crippen LogP contribution >= 0.6 is 0 Å². The maximum atomic E-state index is 14.8. The number of aliphatic hydroxyl groups is 6. The molecule has 23 N–H and O–H groups in total. The molecule has 2 aliphatic rings. The Kier molecular flexibility index (Phi) is 47.6. The molecule has 8 amide bonds. The molecule has 0 spiro atoms. The molecule has 40 nitrogen and oxygen atoms in total. The molecule has 2 aromatic carbocycles. The number of nitrogens with two attached hydrogens (primary N) is 2. The third kappa shape index (κ3) is 35.4. The minimum atomic E-state index is -1.50. The molecule has 675 valence electrons. The zero-order valence-corrected chi connectivity index (χ0v) is 71.6. The number of aliphatic hydroxyl groups excluding tert-OH is 6. The second-order valence-electron chi connectivity index (χ2n) is 31.1. The van der Waals surface area contributed by atoms with E-state index in [2.05, 4.69) is 47.9 Å². The Morgan fingerprint density at radius 2 is 0.992 bits per heavy atom. The molecule has 1 fully saturated rings. The number of rotatable bonds is 55. The molecule has 3 heterocycles. The normalized spacial score (nSPS) is 17.2. The van der Waals surface area contributed by atoms with Crippen LogP contribution in [0.4, 0.5) is 11.4 Å². The number of carbonyl (C=O) groups is 12. The standard InChI is InChI=1S/C80H126N16O24.Gd/c1-5-48(4)67(75(111)89-56(18-9-11-27-81)72(108)90-57(19-10-12-28-82)76(112)96-30-14-20-60(96)74(110)91-59(77(113)114)38-49-15-7-6-8-16-49)92-73(109)58(35-47(2)3)88-69-68(70(106)71(69)107)83-29-13-17-50-36-51-42-94(62(79(117)118)22-25-65(104)85-40-54(101)45-98)33-31-93(61(78(115)116)21-24-64(103)84-39-53(100)44-97)32-34-95(43-52(37-50)87-51)63(80(119)120)23-26-66(105)86-41-55(102)46-99;/h6-8,15-16,36-37,47-48,53-63,67,83,88,97-102H,5,9-14,17-35,38-46,81-82H2,1-4H3,(H,84,103)(H,85,104)(H,86,105)(H,89,111)(H,90,108)(H,91,110)(H,92,109)(H,113,114)(H,115,116)(H,117,118)(H,119,120);/q;+3/t48-,53?,54?,55?,56-,57-,58-,59-,60-,61?,62?,63?,67-;/m0./s1. The average molecular weight is 1850 g/mol. The summed E-state index contributed by atoms with van der Waals surface area (Å²) in [6, 6.07) is 0.101. The van der Waals surface area contributed by atoms with Gasteiger partial charge >= 0.3 is 63.8 Å². The summed E-state index contributed by atoms with van der Waals surface area (Å²) < 4.78 is 0. The number of carboxylic acid groups (broad SMARTS) is 4. The van der Waals surface area contributed by atoms with Crippen molar-refractivity contribution in [3.8, 4) is 0 Å². The fraction of sp³-hybridized carbons (Fsp3) is 0.662. The molecule has 41 heteroatoms. The predicted molar refractivity (Wildman–Crippen MR) is 437 cm³/mol. The van der Waals surface area contributed by atoms with Gasteiger partial charge in [0.05, 0.1) is 49.5 Å². The van der Waals surface area contributed by atoms with Crippen molar-refractivity contribution in [1.82, 2.24) is 61.8 Å². The van der Waals surface area contributed by atoms with E-state index >= 15 is 0 Å². The Labute approximate surface area is 735 Å². The Morgan fingerprint density at radius 3 is 1.45 bits per heavy atom. The number of nitrogens with zero attached hydrogens (tertiary/aromatic N) is 5. The largest absolute Gasteiger partial charge is 3.00 e. The first-order valence-electron chi connectivity index (χ1n) is 41.3. The van der Waals surface area contributed by atoms with E-state index in [1.807, 2.05) is 0 Å². The number of aryl methyl sites for hydroxylation is 1. The Morgan fingerprint density at radius 1 is 0.529 bits per heavy atom. The van der Waals surface area contributed by atoms with Gasteiger partial charge in [0, 0.05) is 97.7 Å². The number of carboxylic acids is 4. The average Bonchev–Trinajstić information content (AvgIpc) is 1.15. The van der Waals surface area contributed by atoms with Crippen LogP contribution in [-0.2, 0) is 83.5 Å². The van der Waals surface area contributed by atoms with Gasteiger partial charge in [-0.3, -0.25) is 82.0 Å². The number of pyridine rings is 1. The van der Waals surface area contributed by atoms with Gasteiger partial charge in [0.2, 0.25) is 47.3 Å². The molecule has 0 aliphatic carbocycles. The molecular formula is C80H126GdN16O24+3. The number of aliphatic carboxylic acids is 4. The number of unbranched alkanes of at least 4 members (excludes halogenated alkanes) is 2. The molecule has 2 aliphatic heterocycles. The van der Waals surface area contributed by atoms with Gasteiger partial charge in [-0.1, -0.05) is 64.4 Å². The maximum Gasteiger partial charge on any atom is 3.00 e. The number of hydrogen-bond acceptors (Lipinski definition) is 28. The van der Waals surface area contributed by atoms with Gasteiger partial charge in [0.25, 0.3) is 10.9 Å². The minimum Gasteiger partial charge on any atom is -0.480 e. The zero-order chi connectivity index (χ0) is 88.7. The minimum absolute atomic E-state index is 0. The van der Waals surface area contributed by atoms with Crippen LogP contribution in [0.3, 0.4) is 0 Å². The van der Waals surface area contributed by atoms with Crippen LogP contribution in [0.2, 0.25) is 0 Å². The monoisotopic (exact) mass is 1850 g/mol. The van der Waals surface area contributed by atoms with E-state index in [4.69, 9.17) is 16.5 Å². The summed E-state index contributed by atoms with van der Waals surface area (Å²) in [5.74, 6) is -11.9. The molecule has 3 aromatic rings. The van der Waals surface area contributed by atoms with Crippen LogP contribution in [0.25, 0.3) is 0 Å². The van der Waals surface area contributed by atoms with Gasteiger partial charge in [-0.05, 0) is 138 Å². The molecule has 0 saturated carbocycles. The van der Waals surface area contributed by atoms with Gasteiger partial charge in [0.1, 0.15) is 65.8 Å². The summed E-state index contributed by atoms with van der Waals surface area (Å²) >= 11 is 0. The van der Waals surface area contributed by atoms with Gasteiger partial charge in [-0.2, -0.15) is 0 Å². The van der Waals surface area contributed by atoms with E-state index in [9.17, 15) is 118 Å². The summed E-state index contributed by atoms with van der Waals surface area (Å²) in [6.45, 7) is 2.98. The number of aromatic nitrogens is 1. The van der Waals surface area contributed by atoms with E-state index in [0.29, 0.717) is 49.7 Å². The molecule has 1 aromatic heterocycles. The van der Waals surface area contributed by atoms with Gasteiger partial charge in [-0.25, -0.2) is 4.79 Å². The quantitative estimate of drug-likeness (QED) is 0.0190. The summed E-state index contributed by atoms with van der Waals surface area (Å²) in [5, 5.41) is 125. The van der Waals surface area contributed by atoms with Crippen LogP contribution in [-0.4, -0.2) is 311 Å². The van der Waals surface area contributed by atoms with Crippen molar-refractivity contribution in [3.63, 3.8) is 0 Å². The summed E-state index contributed by atoms with van der Waals surface area (Å²) in [4.78, 5) is 202. The van der Waals surface area contributed by atoms with E-state index in [1.54, 1.807) is 70.2 Å². The second-order valence-corrected chi connectivity index (χ2v) is 31.1. The van der Waals surface area contributed by atoms with Crippen LogP contribution in [0.5, 0.6) is 0 Å². The molecule has 6 unspecified atom stereocenters. The number of benzene rings is 1. The number of nitrogens with one attached hydrogen (secondary N) is 9. The summed E-state index contributed by atoms with van der Waals surface area (Å²) in [7, 11) is 0. The first kappa shape index (κ1) is 105. The van der Waals surface area contributed by atoms with Gasteiger partial charge in [0.15, 0.2) is 0 Å². The van der Waals surface area contributed by atoms with Crippen LogP contribution in [0.1, 0.15) is 159 Å². The Balaban J connectivity index is 0.0000308. The third-order valence-corrected chi connectivity index (χ3v) is 21.3. The molecule has 1 radical (unpaired) electrons. The van der Waals surface area contributed by atoms with Crippen LogP contribution in [0.15, 0.2) is 52.1 Å². The van der Waals surface area contributed by atoms with Crippen molar-refractivity contribution in [2.45, 2.75) is 235 Å². The number of fused-ring (bicyclic) bond motifs is 2. The SMILES string of the molecule is CC[C@H](C)[C@H](NC(=O)[C@H](CC(C)C)Nc1c(NCCCc2cc3nc(c2)CN(C(CCC(=O)NCC(O)CO)C(=O)O)CCN(C(CCC(=O)NCC(O)CO)C(=O)O)CCN(C(CCC(=O)NCC(O)CO)C(=O)O)C3)c(=O)c1=O)C(=O)N[C@@H](CCCCN)C(=O)N[C@@H](CCCCN)C(=O)N1CCC[C@H]1C(=O)N[C@@H](Cc1ccccc1)C(=O)O.[Gd+3]. The van der Waals surface area contributed by atoms with Crippen molar-refractivity contribution < 1.29 is 149 Å². The molecule has 5 rings (SSSR count). The molecule has 1 saturated heterocycles. The number of anilines is 2. The molecule has 13 atom stereocenters. The van der Waals surface area contributed by atoms with E-state index in [-0.39, 0.29) is 218 Å². The predicted octanol–water partition coefficient (Wildman–Crippen LogP) is -3.86. The molecular weight excluding hydrogens is 1730 g/mol. The number of hydrogen-bond donors (Lipinski definition) is 21. The Bertz CT molecular complexity index is 3820. The van der Waals surface area contributed by atoms with Gasteiger partial charge < -0.3 is 115 Å². The topological polar surface area (TPSA) is 627 Å². The summed E-state index contributed by atoms with van der Waals surface area (Å²) in [6.07, 6.45) is -3.12. The van der Waals surface area contributed by atoms with E-state index in [1.165, 1.54) is 19.6 Å². The van der Waals surface area contributed by atoms with Gasteiger partial charge in [-0.15, -0.1) is 0 Å². The van der Waals surface area contributed by atoms with Crippen molar-refractivity contribution in [2.24, 2.45) is 23.3 Å². The van der Waals surface area contributed by atoms with Crippen molar-refractivity contribution in [1.29, 1.82) is 0 Å². The van der Waals surface area contributed by atoms with E-state index < -0.39 is 200 Å². The fourth-order valence-electron chi connectivity index (χ4n) is 14.3. The number of amides is 8. The van der Waals surface area contributed by atoms with Crippen LogP contribution < -0.4 is 70.2 Å². The van der Waals surface area contributed by atoms with E-state index in [0.717, 1.165) is 0 Å². The summed E-state index contributed by atoms with van der Waals surface area (Å²) in [5.41, 5.74) is 11.1. The number of likely N-dealkylation sites (tertiary alicyclic amines) is 1. The zero-order valence-electron chi connectivity index (χ0n) is 69.3. The third-order valence-electron chi connectivity index (χ3n) is 21.3. The first-order valence-corrected chi connectivity index (χ1v) is 41.3. The molecule has 121 heavy (non-hydrogen) atoms. The number of carbonyl (C=O) groups excluding carboxylic acids is 8. The Hall–Kier alpha value is -8.43. The van der Waals surface area contributed by atoms with Crippen molar-refractivity contribution in [3.05, 3.63) is 85.4 Å². The van der Waals surface area contributed by atoms with Crippen molar-refractivity contribution in [2.75, 3.05) is 102 Å². The fourth-order valence-corrected chi connectivity index (χ4v) is 14.3. The smallest absolute Gasteiger partial charge is 0.480 e. The van der Waals surface area contributed by atoms with Crippen LogP contribution in [0, 0.1) is 51.8 Å². The van der Waals surface area contributed by atoms with Crippen molar-refractivity contribution >= 4 is 82.5 Å². The first-order chi connectivity index (χ1) is 57.2. The second kappa shape index (κ2) is 54.9. The maximum absolute atomic E-state index is 14.8. The molecule has 2 bridgehead atoms.